The lowest BCUT2D eigenvalue weighted by molar-refractivity contribution is -0.179. The maximum absolute atomic E-state index is 10.2. The first-order valence-corrected chi connectivity index (χ1v) is 8.13. The predicted octanol–water partition coefficient (Wildman–Crippen LogP) is 2.40. The SMILES string of the molecule is OCC1CC(O)C(O)[C@@H](c2cccc(/C=C\c3ccccc3)c2)O1. The lowest BCUT2D eigenvalue weighted by Crippen LogP contribution is -2.44. The minimum Gasteiger partial charge on any atom is -0.394 e. The molecule has 0 aliphatic carbocycles. The third-order valence-electron chi connectivity index (χ3n) is 4.26. The van der Waals surface area contributed by atoms with Crippen LogP contribution in [0.3, 0.4) is 0 Å². The first-order valence-electron chi connectivity index (χ1n) is 8.13. The molecule has 2 aromatic rings. The Balaban J connectivity index is 1.80. The van der Waals surface area contributed by atoms with Crippen molar-refractivity contribution in [2.45, 2.75) is 30.8 Å². The number of hydrogen-bond donors (Lipinski definition) is 3. The molecule has 1 fully saturated rings. The van der Waals surface area contributed by atoms with Crippen LogP contribution in [-0.2, 0) is 4.74 Å². The van der Waals surface area contributed by atoms with Crippen molar-refractivity contribution in [2.75, 3.05) is 6.61 Å². The minimum absolute atomic E-state index is 0.173. The summed E-state index contributed by atoms with van der Waals surface area (Å²) in [6.07, 6.45) is 1.25. The zero-order valence-corrected chi connectivity index (χ0v) is 13.3. The van der Waals surface area contributed by atoms with Crippen LogP contribution >= 0.6 is 0 Å². The number of hydrogen-bond acceptors (Lipinski definition) is 4. The van der Waals surface area contributed by atoms with Crippen LogP contribution in [0.2, 0.25) is 0 Å². The molecule has 126 valence electrons. The Morgan fingerprint density at radius 2 is 1.67 bits per heavy atom. The molecule has 0 aromatic heterocycles. The van der Waals surface area contributed by atoms with Gasteiger partial charge >= 0.3 is 0 Å². The van der Waals surface area contributed by atoms with E-state index in [0.29, 0.717) is 0 Å². The fraction of sp³-hybridized carbons (Fsp3) is 0.300. The second-order valence-corrected chi connectivity index (χ2v) is 6.07. The van der Waals surface area contributed by atoms with E-state index < -0.39 is 24.4 Å². The third kappa shape index (κ3) is 3.91. The maximum Gasteiger partial charge on any atom is 0.111 e. The van der Waals surface area contributed by atoms with Crippen molar-refractivity contribution >= 4 is 12.2 Å². The summed E-state index contributed by atoms with van der Waals surface area (Å²) in [4.78, 5) is 0. The average Bonchev–Trinajstić information content (AvgIpc) is 2.63. The normalized spacial score (nSPS) is 27.5. The zero-order chi connectivity index (χ0) is 16.9. The molecule has 0 bridgehead atoms. The Morgan fingerprint density at radius 1 is 0.958 bits per heavy atom. The summed E-state index contributed by atoms with van der Waals surface area (Å²) >= 11 is 0. The Morgan fingerprint density at radius 3 is 2.42 bits per heavy atom. The fourth-order valence-electron chi connectivity index (χ4n) is 2.94. The van der Waals surface area contributed by atoms with Crippen LogP contribution in [-0.4, -0.2) is 40.2 Å². The average molecular weight is 326 g/mol. The highest BCUT2D eigenvalue weighted by atomic mass is 16.5. The molecule has 1 saturated heterocycles. The molecule has 2 aromatic carbocycles. The molecule has 0 radical (unpaired) electrons. The quantitative estimate of drug-likeness (QED) is 0.755. The molecule has 0 amide bonds. The van der Waals surface area contributed by atoms with E-state index in [1.807, 2.05) is 66.7 Å². The Labute approximate surface area is 141 Å². The smallest absolute Gasteiger partial charge is 0.111 e. The van der Waals surface area contributed by atoms with E-state index in [9.17, 15) is 15.3 Å². The summed E-state index contributed by atoms with van der Waals surface area (Å²) in [7, 11) is 0. The number of ether oxygens (including phenoxy) is 1. The van der Waals surface area contributed by atoms with Crippen molar-refractivity contribution in [3.63, 3.8) is 0 Å². The molecule has 4 atom stereocenters. The zero-order valence-electron chi connectivity index (χ0n) is 13.3. The van der Waals surface area contributed by atoms with Crippen molar-refractivity contribution < 1.29 is 20.1 Å². The van der Waals surface area contributed by atoms with Gasteiger partial charge in [-0.25, -0.2) is 0 Å². The monoisotopic (exact) mass is 326 g/mol. The van der Waals surface area contributed by atoms with Crippen LogP contribution in [0.25, 0.3) is 12.2 Å². The highest BCUT2D eigenvalue weighted by Gasteiger charge is 2.37. The number of aliphatic hydroxyl groups excluding tert-OH is 3. The van der Waals surface area contributed by atoms with Crippen molar-refractivity contribution in [3.8, 4) is 0 Å². The lowest BCUT2D eigenvalue weighted by Gasteiger charge is -2.36. The van der Waals surface area contributed by atoms with Crippen molar-refractivity contribution in [1.29, 1.82) is 0 Å². The van der Waals surface area contributed by atoms with Crippen LogP contribution in [0.1, 0.15) is 29.2 Å². The summed E-state index contributed by atoms with van der Waals surface area (Å²) in [5.41, 5.74) is 2.87. The largest absolute Gasteiger partial charge is 0.394 e. The van der Waals surface area contributed by atoms with Gasteiger partial charge in [0, 0.05) is 6.42 Å². The highest BCUT2D eigenvalue weighted by Crippen LogP contribution is 2.32. The van der Waals surface area contributed by atoms with Gasteiger partial charge in [0.15, 0.2) is 0 Å². The van der Waals surface area contributed by atoms with E-state index in [1.165, 1.54) is 0 Å². The van der Waals surface area contributed by atoms with E-state index >= 15 is 0 Å². The van der Waals surface area contributed by atoms with Crippen molar-refractivity contribution in [2.24, 2.45) is 0 Å². The fourth-order valence-corrected chi connectivity index (χ4v) is 2.94. The summed E-state index contributed by atoms with van der Waals surface area (Å²) in [6, 6.07) is 17.6. The van der Waals surface area contributed by atoms with Crippen LogP contribution in [0, 0.1) is 0 Å². The van der Waals surface area contributed by atoms with Gasteiger partial charge in [-0.3, -0.25) is 0 Å². The Hall–Kier alpha value is -1.98. The molecular weight excluding hydrogens is 304 g/mol. The maximum atomic E-state index is 10.2. The summed E-state index contributed by atoms with van der Waals surface area (Å²) in [5.74, 6) is 0. The van der Waals surface area contributed by atoms with E-state index in [-0.39, 0.29) is 13.0 Å². The molecule has 1 aliphatic heterocycles. The van der Waals surface area contributed by atoms with Gasteiger partial charge in [0.05, 0.1) is 18.8 Å². The van der Waals surface area contributed by atoms with Gasteiger partial charge in [-0.1, -0.05) is 60.7 Å². The van der Waals surface area contributed by atoms with E-state index in [1.54, 1.807) is 0 Å². The summed E-state index contributed by atoms with van der Waals surface area (Å²) < 4.78 is 5.74. The molecule has 3 rings (SSSR count). The van der Waals surface area contributed by atoms with Crippen LogP contribution < -0.4 is 0 Å². The van der Waals surface area contributed by atoms with E-state index in [0.717, 1.165) is 16.7 Å². The molecule has 3 unspecified atom stereocenters. The summed E-state index contributed by atoms with van der Waals surface area (Å²) in [5, 5.41) is 29.5. The van der Waals surface area contributed by atoms with Gasteiger partial charge in [0.2, 0.25) is 0 Å². The molecule has 3 N–H and O–H groups in total. The van der Waals surface area contributed by atoms with Gasteiger partial charge in [-0.2, -0.15) is 0 Å². The molecule has 0 spiro atoms. The first kappa shape index (κ1) is 16.9. The number of aliphatic hydroxyl groups is 3. The highest BCUT2D eigenvalue weighted by molar-refractivity contribution is 5.69. The standard InChI is InChI=1S/C20H22O4/c21-13-17-12-18(22)19(23)20(24-17)16-8-4-7-15(11-16)10-9-14-5-2-1-3-6-14/h1-11,17-23H,12-13H2/b10-9-/t17?,18?,19?,20-/m1/s1. The van der Waals surface area contributed by atoms with Crippen molar-refractivity contribution in [3.05, 3.63) is 71.3 Å². The van der Waals surface area contributed by atoms with Gasteiger partial charge in [0.25, 0.3) is 0 Å². The topological polar surface area (TPSA) is 69.9 Å². The van der Waals surface area contributed by atoms with Gasteiger partial charge in [0.1, 0.15) is 12.2 Å². The van der Waals surface area contributed by atoms with E-state index in [4.69, 9.17) is 4.74 Å². The van der Waals surface area contributed by atoms with Crippen LogP contribution in [0.4, 0.5) is 0 Å². The van der Waals surface area contributed by atoms with Gasteiger partial charge in [-0.05, 0) is 22.8 Å². The second-order valence-electron chi connectivity index (χ2n) is 6.07. The molecular formula is C20H22O4. The molecule has 1 aliphatic rings. The number of rotatable bonds is 4. The predicted molar refractivity (Wildman–Crippen MR) is 93.1 cm³/mol. The second kappa shape index (κ2) is 7.73. The molecule has 4 heteroatoms. The molecule has 24 heavy (non-hydrogen) atoms. The molecule has 1 heterocycles. The molecule has 0 saturated carbocycles. The lowest BCUT2D eigenvalue weighted by atomic mass is 9.92. The van der Waals surface area contributed by atoms with Crippen LogP contribution in [0.5, 0.6) is 0 Å². The van der Waals surface area contributed by atoms with Crippen LogP contribution in [0.15, 0.2) is 54.6 Å². The first-order chi connectivity index (χ1) is 11.7. The Kier molecular flexibility index (Phi) is 5.43. The molecule has 4 nitrogen and oxygen atoms in total. The number of benzene rings is 2. The Bertz CT molecular complexity index is 683. The van der Waals surface area contributed by atoms with Gasteiger partial charge < -0.3 is 20.1 Å². The third-order valence-corrected chi connectivity index (χ3v) is 4.26. The van der Waals surface area contributed by atoms with E-state index in [2.05, 4.69) is 0 Å². The van der Waals surface area contributed by atoms with Gasteiger partial charge in [-0.15, -0.1) is 0 Å². The summed E-state index contributed by atoms with van der Waals surface area (Å²) in [6.45, 7) is -0.173. The van der Waals surface area contributed by atoms with Crippen molar-refractivity contribution in [1.82, 2.24) is 0 Å². The minimum atomic E-state index is -0.999.